The summed E-state index contributed by atoms with van der Waals surface area (Å²) in [4.78, 5) is 25.4. The third kappa shape index (κ3) is 4.82. The van der Waals surface area contributed by atoms with Crippen LogP contribution in [0.15, 0.2) is 71.9 Å². The van der Waals surface area contributed by atoms with Crippen molar-refractivity contribution in [2.45, 2.75) is 39.5 Å². The van der Waals surface area contributed by atoms with E-state index in [1.807, 2.05) is 36.4 Å². The molecule has 0 saturated carbocycles. The van der Waals surface area contributed by atoms with Gasteiger partial charge in [0, 0.05) is 11.3 Å². The average Bonchev–Trinajstić information content (AvgIpc) is 2.77. The van der Waals surface area contributed by atoms with Gasteiger partial charge < -0.3 is 20.1 Å². The fourth-order valence-corrected chi connectivity index (χ4v) is 3.90. The molecule has 7 heteroatoms. The zero-order valence-corrected chi connectivity index (χ0v) is 18.6. The highest BCUT2D eigenvalue weighted by molar-refractivity contribution is 5.98. The van der Waals surface area contributed by atoms with Crippen molar-refractivity contribution in [3.63, 3.8) is 0 Å². The molecule has 0 fully saturated rings. The summed E-state index contributed by atoms with van der Waals surface area (Å²) in [6.45, 7) is 5.41. The molecule has 0 spiro atoms. The number of allylic oxidation sites excluding steroid dienone is 1. The number of carbonyl (C=O) groups excluding carboxylic acids is 2. The van der Waals surface area contributed by atoms with Gasteiger partial charge in [0.15, 0.2) is 0 Å². The van der Waals surface area contributed by atoms with Crippen LogP contribution in [0.4, 0.5) is 9.18 Å². The number of amides is 2. The van der Waals surface area contributed by atoms with Crippen molar-refractivity contribution in [3.8, 4) is 5.75 Å². The summed E-state index contributed by atoms with van der Waals surface area (Å²) >= 11 is 0. The molecule has 170 valence electrons. The smallest absolute Gasteiger partial charge is 0.338 e. The van der Waals surface area contributed by atoms with Crippen LogP contribution in [0.1, 0.15) is 37.9 Å². The van der Waals surface area contributed by atoms with E-state index < -0.39 is 18.0 Å². The van der Waals surface area contributed by atoms with Gasteiger partial charge in [0.05, 0.1) is 17.7 Å². The number of fused-ring (bicyclic) bond motifs is 1. The molecule has 1 aliphatic heterocycles. The summed E-state index contributed by atoms with van der Waals surface area (Å²) in [5, 5.41) is 7.30. The van der Waals surface area contributed by atoms with Gasteiger partial charge in [-0.2, -0.15) is 0 Å². The molecule has 1 heterocycles. The van der Waals surface area contributed by atoms with Crippen molar-refractivity contribution in [2.75, 3.05) is 0 Å². The Balaban J connectivity index is 1.81. The lowest BCUT2D eigenvalue weighted by Crippen LogP contribution is -2.45. The number of rotatable bonds is 6. The summed E-state index contributed by atoms with van der Waals surface area (Å²) in [7, 11) is 0. The molecule has 2 amide bonds. The van der Waals surface area contributed by atoms with E-state index in [2.05, 4.69) is 10.6 Å². The number of carbonyl (C=O) groups is 2. The lowest BCUT2D eigenvalue weighted by atomic mass is 9.90. The summed E-state index contributed by atoms with van der Waals surface area (Å²) in [6.07, 6.45) is -0.321. The Labute approximate surface area is 191 Å². The second-order valence-electron chi connectivity index (χ2n) is 8.14. The number of ether oxygens (including phenoxy) is 2. The van der Waals surface area contributed by atoms with Crippen molar-refractivity contribution in [1.29, 1.82) is 0 Å². The number of nitrogens with one attached hydrogen (secondary N) is 2. The standard InChI is InChI=1S/C26H25FN2O4/c1-15(2)33-25(30)22-16(3)28-26(31)29-24(22)23-20-7-5-4-6-18(20)10-13-21(23)32-14-17-8-11-19(27)12-9-17/h4-13,15,24H,14H2,1-3H3,(H2,28,29,31). The fraction of sp³-hybridized carbons (Fsp3) is 0.231. The van der Waals surface area contributed by atoms with Crippen LogP contribution >= 0.6 is 0 Å². The Morgan fingerprint density at radius 2 is 1.79 bits per heavy atom. The fourth-order valence-electron chi connectivity index (χ4n) is 3.90. The average molecular weight is 448 g/mol. The number of hydrogen-bond acceptors (Lipinski definition) is 4. The Bertz CT molecular complexity index is 1230. The molecule has 6 nitrogen and oxygen atoms in total. The van der Waals surface area contributed by atoms with Gasteiger partial charge in [-0.1, -0.05) is 42.5 Å². The van der Waals surface area contributed by atoms with Crippen molar-refractivity contribution in [1.82, 2.24) is 10.6 Å². The lowest BCUT2D eigenvalue weighted by Gasteiger charge is -2.30. The molecule has 2 N–H and O–H groups in total. The van der Waals surface area contributed by atoms with Crippen LogP contribution in [0.5, 0.6) is 5.75 Å². The van der Waals surface area contributed by atoms with E-state index in [-0.39, 0.29) is 18.5 Å². The maximum absolute atomic E-state index is 13.3. The molecule has 1 atom stereocenters. The van der Waals surface area contributed by atoms with Crippen LogP contribution < -0.4 is 15.4 Å². The third-order valence-corrected chi connectivity index (χ3v) is 5.36. The van der Waals surface area contributed by atoms with E-state index in [1.165, 1.54) is 12.1 Å². The molecule has 0 aromatic heterocycles. The van der Waals surface area contributed by atoms with E-state index in [0.29, 0.717) is 22.6 Å². The van der Waals surface area contributed by atoms with E-state index in [9.17, 15) is 14.0 Å². The van der Waals surface area contributed by atoms with Crippen molar-refractivity contribution >= 4 is 22.8 Å². The first-order chi connectivity index (χ1) is 15.8. The topological polar surface area (TPSA) is 76.7 Å². The maximum atomic E-state index is 13.3. The van der Waals surface area contributed by atoms with Crippen LogP contribution in [0.2, 0.25) is 0 Å². The second-order valence-corrected chi connectivity index (χ2v) is 8.14. The van der Waals surface area contributed by atoms with Gasteiger partial charge in [0.2, 0.25) is 0 Å². The molecule has 0 saturated heterocycles. The van der Waals surface area contributed by atoms with Crippen LogP contribution in [0, 0.1) is 5.82 Å². The van der Waals surface area contributed by atoms with E-state index in [0.717, 1.165) is 16.3 Å². The predicted octanol–water partition coefficient (Wildman–Crippen LogP) is 5.14. The Morgan fingerprint density at radius 3 is 2.52 bits per heavy atom. The number of halogens is 1. The van der Waals surface area contributed by atoms with E-state index >= 15 is 0 Å². The van der Waals surface area contributed by atoms with Crippen LogP contribution in [0.3, 0.4) is 0 Å². The quantitative estimate of drug-likeness (QED) is 0.512. The first kappa shape index (κ1) is 22.3. The molecule has 0 radical (unpaired) electrons. The third-order valence-electron chi connectivity index (χ3n) is 5.36. The minimum Gasteiger partial charge on any atom is -0.489 e. The summed E-state index contributed by atoms with van der Waals surface area (Å²) in [5.74, 6) is -0.332. The second kappa shape index (κ2) is 9.32. The predicted molar refractivity (Wildman–Crippen MR) is 123 cm³/mol. The van der Waals surface area contributed by atoms with Gasteiger partial charge in [-0.3, -0.25) is 0 Å². The van der Waals surface area contributed by atoms with Gasteiger partial charge in [0.25, 0.3) is 0 Å². The minimum atomic E-state index is -0.778. The molecule has 4 rings (SSSR count). The SMILES string of the molecule is CC1=C(C(=O)OC(C)C)C(c2c(OCc3ccc(F)cc3)ccc3ccccc23)NC(=O)N1. The monoisotopic (exact) mass is 448 g/mol. The van der Waals surface area contributed by atoms with Gasteiger partial charge >= 0.3 is 12.0 Å². The number of urea groups is 1. The molecule has 3 aromatic rings. The molecule has 1 unspecified atom stereocenters. The van der Waals surface area contributed by atoms with Gasteiger partial charge in [0.1, 0.15) is 18.2 Å². The molecular formula is C26H25FN2O4. The molecule has 3 aromatic carbocycles. The van der Waals surface area contributed by atoms with Crippen molar-refractivity contribution in [3.05, 3.63) is 88.9 Å². The number of esters is 1. The molecule has 0 aliphatic carbocycles. The highest BCUT2D eigenvalue weighted by atomic mass is 19.1. The minimum absolute atomic E-state index is 0.193. The van der Waals surface area contributed by atoms with Gasteiger partial charge in [-0.15, -0.1) is 0 Å². The molecule has 0 bridgehead atoms. The first-order valence-corrected chi connectivity index (χ1v) is 10.7. The Morgan fingerprint density at radius 1 is 1.06 bits per heavy atom. The molecule has 1 aliphatic rings. The molecular weight excluding hydrogens is 423 g/mol. The van der Waals surface area contributed by atoms with E-state index in [4.69, 9.17) is 9.47 Å². The number of hydrogen-bond donors (Lipinski definition) is 2. The van der Waals surface area contributed by atoms with Gasteiger partial charge in [-0.25, -0.2) is 14.0 Å². The van der Waals surface area contributed by atoms with Crippen molar-refractivity contribution < 1.29 is 23.5 Å². The van der Waals surface area contributed by atoms with E-state index in [1.54, 1.807) is 32.9 Å². The highest BCUT2D eigenvalue weighted by Gasteiger charge is 2.35. The largest absolute Gasteiger partial charge is 0.489 e. The zero-order valence-electron chi connectivity index (χ0n) is 18.6. The Hall–Kier alpha value is -3.87. The summed E-state index contributed by atoms with van der Waals surface area (Å²) in [6, 6.07) is 16.3. The highest BCUT2D eigenvalue weighted by Crippen LogP contribution is 2.39. The van der Waals surface area contributed by atoms with Crippen LogP contribution in [-0.4, -0.2) is 18.1 Å². The van der Waals surface area contributed by atoms with Crippen LogP contribution in [-0.2, 0) is 16.1 Å². The van der Waals surface area contributed by atoms with Crippen molar-refractivity contribution in [2.24, 2.45) is 0 Å². The maximum Gasteiger partial charge on any atom is 0.338 e. The normalized spacial score (nSPS) is 15.9. The zero-order chi connectivity index (χ0) is 23.5. The summed E-state index contributed by atoms with van der Waals surface area (Å²) < 4.78 is 24.9. The first-order valence-electron chi connectivity index (χ1n) is 10.7. The number of benzene rings is 3. The van der Waals surface area contributed by atoms with Gasteiger partial charge in [-0.05, 0) is 55.3 Å². The summed E-state index contributed by atoms with van der Waals surface area (Å²) in [5.41, 5.74) is 2.18. The Kier molecular flexibility index (Phi) is 6.31. The van der Waals surface area contributed by atoms with Crippen LogP contribution in [0.25, 0.3) is 10.8 Å². The lowest BCUT2D eigenvalue weighted by molar-refractivity contribution is -0.143. The molecule has 33 heavy (non-hydrogen) atoms.